The van der Waals surface area contributed by atoms with Gasteiger partial charge in [-0.1, -0.05) is 28.1 Å². The molecule has 2 N–H and O–H groups in total. The van der Waals surface area contributed by atoms with Gasteiger partial charge in [0, 0.05) is 15.9 Å². The number of rotatable bonds is 2. The molecule has 1 heterocycles. The van der Waals surface area contributed by atoms with Gasteiger partial charge in [0.05, 0.1) is 3.79 Å². The fraction of sp³-hybridized carbons (Fsp3) is 0.167. The number of nitrogens with two attached hydrogens (primary N) is 1. The van der Waals surface area contributed by atoms with Gasteiger partial charge in [-0.05, 0) is 51.7 Å². The van der Waals surface area contributed by atoms with Crippen LogP contribution in [0.15, 0.2) is 32.5 Å². The van der Waals surface area contributed by atoms with E-state index in [1.807, 2.05) is 0 Å². The maximum Gasteiger partial charge on any atom is 0.0752 e. The fourth-order valence-electron chi connectivity index (χ4n) is 1.62. The van der Waals surface area contributed by atoms with Crippen LogP contribution in [0.25, 0.3) is 10.4 Å². The zero-order valence-corrected chi connectivity index (χ0v) is 12.7. The third kappa shape index (κ3) is 2.25. The predicted molar refractivity (Wildman–Crippen MR) is 77.8 cm³/mol. The molecule has 0 aliphatic heterocycles. The zero-order valence-electron chi connectivity index (χ0n) is 8.76. The first-order chi connectivity index (χ1) is 7.63. The Balaban J connectivity index is 2.52. The van der Waals surface area contributed by atoms with Crippen molar-refractivity contribution in [1.82, 2.24) is 0 Å². The van der Waals surface area contributed by atoms with Gasteiger partial charge in [-0.15, -0.1) is 11.3 Å². The Morgan fingerprint density at radius 2 is 1.81 bits per heavy atom. The van der Waals surface area contributed by atoms with Gasteiger partial charge in [-0.3, -0.25) is 0 Å². The van der Waals surface area contributed by atoms with E-state index in [1.165, 1.54) is 21.6 Å². The standard InChI is InChI=1S/C12H11Br2NS/c1-7-10(6-15)12(14)16-11(7)8-2-4-9(13)5-3-8/h2-5H,6,15H2,1H3. The van der Waals surface area contributed by atoms with Crippen LogP contribution in [0.2, 0.25) is 0 Å². The summed E-state index contributed by atoms with van der Waals surface area (Å²) in [6, 6.07) is 8.36. The summed E-state index contributed by atoms with van der Waals surface area (Å²) in [5, 5.41) is 0. The lowest BCUT2D eigenvalue weighted by molar-refractivity contribution is 1.06. The van der Waals surface area contributed by atoms with Gasteiger partial charge in [0.15, 0.2) is 0 Å². The summed E-state index contributed by atoms with van der Waals surface area (Å²) in [6.07, 6.45) is 0. The van der Waals surface area contributed by atoms with Crippen LogP contribution in [0.4, 0.5) is 0 Å². The Kier molecular flexibility index (Phi) is 3.85. The first kappa shape index (κ1) is 12.3. The lowest BCUT2D eigenvalue weighted by Gasteiger charge is -2.01. The van der Waals surface area contributed by atoms with Gasteiger partial charge in [0.1, 0.15) is 0 Å². The Bertz CT molecular complexity index is 502. The topological polar surface area (TPSA) is 26.0 Å². The Hall–Kier alpha value is -0.160. The third-order valence-electron chi connectivity index (χ3n) is 2.53. The SMILES string of the molecule is Cc1c(-c2ccc(Br)cc2)sc(Br)c1CN. The van der Waals surface area contributed by atoms with E-state index in [1.54, 1.807) is 11.3 Å². The second-order valence-corrected chi connectivity index (χ2v) is 6.77. The first-order valence-corrected chi connectivity index (χ1v) is 7.27. The molecule has 0 aliphatic carbocycles. The number of hydrogen-bond donors (Lipinski definition) is 1. The summed E-state index contributed by atoms with van der Waals surface area (Å²) in [4.78, 5) is 1.29. The highest BCUT2D eigenvalue weighted by Crippen LogP contribution is 2.39. The molecule has 0 aliphatic rings. The minimum atomic E-state index is 0.583. The van der Waals surface area contributed by atoms with E-state index in [9.17, 15) is 0 Å². The van der Waals surface area contributed by atoms with Gasteiger partial charge in [-0.2, -0.15) is 0 Å². The smallest absolute Gasteiger partial charge is 0.0752 e. The summed E-state index contributed by atoms with van der Waals surface area (Å²) in [5.41, 5.74) is 9.47. The molecule has 4 heteroatoms. The monoisotopic (exact) mass is 359 g/mol. The highest BCUT2D eigenvalue weighted by molar-refractivity contribution is 9.11. The van der Waals surface area contributed by atoms with E-state index >= 15 is 0 Å². The molecule has 1 aromatic heterocycles. The van der Waals surface area contributed by atoms with Crippen molar-refractivity contribution in [2.45, 2.75) is 13.5 Å². The van der Waals surface area contributed by atoms with Crippen molar-refractivity contribution in [3.8, 4) is 10.4 Å². The summed E-state index contributed by atoms with van der Waals surface area (Å²) in [5.74, 6) is 0. The van der Waals surface area contributed by atoms with Gasteiger partial charge in [-0.25, -0.2) is 0 Å². The minimum Gasteiger partial charge on any atom is -0.326 e. The molecular weight excluding hydrogens is 350 g/mol. The molecule has 0 spiro atoms. The highest BCUT2D eigenvalue weighted by atomic mass is 79.9. The van der Waals surface area contributed by atoms with Crippen LogP contribution in [0.3, 0.4) is 0 Å². The third-order valence-corrected chi connectivity index (χ3v) is 5.20. The van der Waals surface area contributed by atoms with Crippen LogP contribution in [0.1, 0.15) is 11.1 Å². The number of thiophene rings is 1. The van der Waals surface area contributed by atoms with Gasteiger partial charge < -0.3 is 5.73 Å². The van der Waals surface area contributed by atoms with E-state index in [-0.39, 0.29) is 0 Å². The van der Waals surface area contributed by atoms with Crippen molar-refractivity contribution >= 4 is 43.2 Å². The van der Waals surface area contributed by atoms with Gasteiger partial charge >= 0.3 is 0 Å². The van der Waals surface area contributed by atoms with E-state index in [4.69, 9.17) is 5.73 Å². The molecule has 1 nitrogen and oxygen atoms in total. The average Bonchev–Trinajstić information content (AvgIpc) is 2.55. The van der Waals surface area contributed by atoms with E-state index < -0.39 is 0 Å². The molecule has 1 aromatic carbocycles. The van der Waals surface area contributed by atoms with Crippen LogP contribution in [0, 0.1) is 6.92 Å². The molecule has 0 unspecified atom stereocenters. The second kappa shape index (κ2) is 5.00. The molecule has 2 rings (SSSR count). The molecule has 0 amide bonds. The number of halogens is 2. The molecular formula is C12H11Br2NS. The van der Waals surface area contributed by atoms with Crippen molar-refractivity contribution in [3.05, 3.63) is 43.7 Å². The van der Waals surface area contributed by atoms with Crippen LogP contribution < -0.4 is 5.73 Å². The molecule has 0 bridgehead atoms. The molecule has 16 heavy (non-hydrogen) atoms. The molecule has 84 valence electrons. The van der Waals surface area contributed by atoms with E-state index in [0.29, 0.717) is 6.54 Å². The zero-order chi connectivity index (χ0) is 11.7. The van der Waals surface area contributed by atoms with Crippen molar-refractivity contribution in [1.29, 1.82) is 0 Å². The van der Waals surface area contributed by atoms with E-state index in [2.05, 4.69) is 63.0 Å². The molecule has 0 saturated carbocycles. The molecule has 0 saturated heterocycles. The second-order valence-electron chi connectivity index (χ2n) is 3.52. The van der Waals surface area contributed by atoms with Gasteiger partial charge in [0.2, 0.25) is 0 Å². The molecule has 2 aromatic rings. The largest absolute Gasteiger partial charge is 0.326 e. The summed E-state index contributed by atoms with van der Waals surface area (Å²) < 4.78 is 2.24. The Morgan fingerprint density at radius 1 is 1.19 bits per heavy atom. The summed E-state index contributed by atoms with van der Waals surface area (Å²) in [7, 11) is 0. The van der Waals surface area contributed by atoms with Crippen LogP contribution >= 0.6 is 43.2 Å². The van der Waals surface area contributed by atoms with Crippen LogP contribution in [0.5, 0.6) is 0 Å². The van der Waals surface area contributed by atoms with Crippen molar-refractivity contribution in [2.24, 2.45) is 5.73 Å². The highest BCUT2D eigenvalue weighted by Gasteiger charge is 2.13. The normalized spacial score (nSPS) is 10.8. The van der Waals surface area contributed by atoms with Crippen molar-refractivity contribution in [2.75, 3.05) is 0 Å². The van der Waals surface area contributed by atoms with Crippen molar-refractivity contribution in [3.63, 3.8) is 0 Å². The lowest BCUT2D eigenvalue weighted by Crippen LogP contribution is -1.96. The predicted octanol–water partition coefficient (Wildman–Crippen LogP) is 4.71. The minimum absolute atomic E-state index is 0.583. The van der Waals surface area contributed by atoms with Crippen LogP contribution in [-0.4, -0.2) is 0 Å². The van der Waals surface area contributed by atoms with Gasteiger partial charge in [0.25, 0.3) is 0 Å². The summed E-state index contributed by atoms with van der Waals surface area (Å²) >= 11 is 8.76. The quantitative estimate of drug-likeness (QED) is 0.824. The Labute approximate surface area is 116 Å². The number of benzene rings is 1. The Morgan fingerprint density at radius 3 is 2.31 bits per heavy atom. The maximum atomic E-state index is 5.74. The summed E-state index contributed by atoms with van der Waals surface area (Å²) in [6.45, 7) is 2.71. The first-order valence-electron chi connectivity index (χ1n) is 4.87. The van der Waals surface area contributed by atoms with E-state index in [0.717, 1.165) is 8.26 Å². The molecule has 0 radical (unpaired) electrons. The van der Waals surface area contributed by atoms with Crippen LogP contribution in [-0.2, 0) is 6.54 Å². The average molecular weight is 361 g/mol. The van der Waals surface area contributed by atoms with Crippen molar-refractivity contribution < 1.29 is 0 Å². The molecule has 0 atom stereocenters. The fourth-order valence-corrected chi connectivity index (χ4v) is 3.90. The number of hydrogen-bond acceptors (Lipinski definition) is 2. The molecule has 0 fully saturated rings. The lowest BCUT2D eigenvalue weighted by atomic mass is 10.1. The maximum absolute atomic E-state index is 5.74.